The molecule has 0 aromatic carbocycles. The number of carbonyl (C=O) groups excluding carboxylic acids is 1. The Balaban J connectivity index is 1.68. The summed E-state index contributed by atoms with van der Waals surface area (Å²) < 4.78 is 5.18. The Morgan fingerprint density at radius 3 is 3.20 bits per heavy atom. The summed E-state index contributed by atoms with van der Waals surface area (Å²) in [7, 11) is 0. The van der Waals surface area contributed by atoms with Gasteiger partial charge in [0.2, 0.25) is 0 Å². The molecular weight excluding hydrogens is 272 g/mol. The van der Waals surface area contributed by atoms with Crippen molar-refractivity contribution in [1.82, 2.24) is 9.88 Å². The van der Waals surface area contributed by atoms with E-state index in [9.17, 15) is 4.79 Å². The largest absolute Gasteiger partial charge is 0.500 e. The van der Waals surface area contributed by atoms with Crippen LogP contribution in [-0.2, 0) is 16.0 Å². The SMILES string of the molecule is CCc1csc([C@@H]2CCCN(C(=O)C3=COCC3)C2)n1. The Hall–Kier alpha value is -1.36. The molecule has 3 heterocycles. The predicted molar refractivity (Wildman–Crippen MR) is 78.7 cm³/mol. The monoisotopic (exact) mass is 292 g/mol. The summed E-state index contributed by atoms with van der Waals surface area (Å²) >= 11 is 1.74. The topological polar surface area (TPSA) is 42.4 Å². The fraction of sp³-hybridized carbons (Fsp3) is 0.600. The molecule has 1 aromatic heterocycles. The fourth-order valence-electron chi connectivity index (χ4n) is 2.78. The minimum atomic E-state index is 0.152. The Morgan fingerprint density at radius 2 is 2.50 bits per heavy atom. The zero-order valence-electron chi connectivity index (χ0n) is 11.8. The van der Waals surface area contributed by atoms with Crippen LogP contribution in [0, 0.1) is 0 Å². The molecule has 108 valence electrons. The van der Waals surface area contributed by atoms with E-state index in [4.69, 9.17) is 4.74 Å². The minimum absolute atomic E-state index is 0.152. The molecule has 1 saturated heterocycles. The van der Waals surface area contributed by atoms with E-state index >= 15 is 0 Å². The molecule has 3 rings (SSSR count). The second kappa shape index (κ2) is 5.95. The van der Waals surface area contributed by atoms with Crippen molar-refractivity contribution in [2.75, 3.05) is 19.7 Å². The van der Waals surface area contributed by atoms with Gasteiger partial charge in [0.1, 0.15) is 0 Å². The lowest BCUT2D eigenvalue weighted by Gasteiger charge is -2.32. The number of nitrogens with zero attached hydrogens (tertiary/aromatic N) is 2. The van der Waals surface area contributed by atoms with Gasteiger partial charge in [0.05, 0.1) is 29.1 Å². The quantitative estimate of drug-likeness (QED) is 0.860. The summed E-state index contributed by atoms with van der Waals surface area (Å²) in [5.74, 6) is 0.556. The zero-order valence-corrected chi connectivity index (χ0v) is 12.6. The summed E-state index contributed by atoms with van der Waals surface area (Å²) in [5, 5.41) is 3.33. The van der Waals surface area contributed by atoms with E-state index in [1.165, 1.54) is 10.7 Å². The van der Waals surface area contributed by atoms with Crippen LogP contribution in [0.15, 0.2) is 17.2 Å². The lowest BCUT2D eigenvalue weighted by atomic mass is 9.98. The Morgan fingerprint density at radius 1 is 1.60 bits per heavy atom. The van der Waals surface area contributed by atoms with E-state index in [1.807, 2.05) is 4.90 Å². The summed E-state index contributed by atoms with van der Waals surface area (Å²) in [5.41, 5.74) is 1.99. The van der Waals surface area contributed by atoms with Gasteiger partial charge in [-0.3, -0.25) is 4.79 Å². The van der Waals surface area contributed by atoms with Crippen molar-refractivity contribution in [2.24, 2.45) is 0 Å². The highest BCUT2D eigenvalue weighted by Crippen LogP contribution is 2.30. The first kappa shape index (κ1) is 13.6. The van der Waals surface area contributed by atoms with E-state index in [0.717, 1.165) is 44.3 Å². The lowest BCUT2D eigenvalue weighted by molar-refractivity contribution is -0.128. The van der Waals surface area contributed by atoms with Crippen LogP contribution in [-0.4, -0.2) is 35.5 Å². The van der Waals surface area contributed by atoms with Gasteiger partial charge in [-0.05, 0) is 19.3 Å². The summed E-state index contributed by atoms with van der Waals surface area (Å²) in [6.45, 7) is 4.43. The van der Waals surface area contributed by atoms with Crippen LogP contribution in [0.4, 0.5) is 0 Å². The van der Waals surface area contributed by atoms with Gasteiger partial charge in [-0.1, -0.05) is 6.92 Å². The maximum atomic E-state index is 12.4. The molecule has 5 heteroatoms. The average molecular weight is 292 g/mol. The van der Waals surface area contributed by atoms with Crippen LogP contribution in [0.5, 0.6) is 0 Å². The highest BCUT2D eigenvalue weighted by molar-refractivity contribution is 7.09. The first-order chi connectivity index (χ1) is 9.78. The number of ether oxygens (including phenoxy) is 1. The molecule has 1 atom stereocenters. The highest BCUT2D eigenvalue weighted by atomic mass is 32.1. The summed E-state index contributed by atoms with van der Waals surface area (Å²) in [6.07, 6.45) is 5.55. The zero-order chi connectivity index (χ0) is 13.9. The van der Waals surface area contributed by atoms with Gasteiger partial charge in [0.25, 0.3) is 5.91 Å². The van der Waals surface area contributed by atoms with Crippen molar-refractivity contribution < 1.29 is 9.53 Å². The standard InChI is InChI=1S/C15H20N2O2S/c1-2-13-10-20-14(16-13)11-4-3-6-17(8-11)15(18)12-5-7-19-9-12/h9-11H,2-8H2,1H3/t11-/m1/s1. The van der Waals surface area contributed by atoms with E-state index < -0.39 is 0 Å². The van der Waals surface area contributed by atoms with Gasteiger partial charge in [-0.15, -0.1) is 11.3 Å². The normalized spacial score (nSPS) is 22.6. The molecule has 0 bridgehead atoms. The van der Waals surface area contributed by atoms with Gasteiger partial charge in [0.15, 0.2) is 0 Å². The van der Waals surface area contributed by atoms with Crippen molar-refractivity contribution in [3.05, 3.63) is 27.9 Å². The third-order valence-electron chi connectivity index (χ3n) is 3.98. The molecular formula is C15H20N2O2S. The van der Waals surface area contributed by atoms with E-state index in [2.05, 4.69) is 17.3 Å². The number of thiazole rings is 1. The van der Waals surface area contributed by atoms with Crippen molar-refractivity contribution in [3.8, 4) is 0 Å². The number of aryl methyl sites for hydroxylation is 1. The Labute approximate surface area is 123 Å². The fourth-order valence-corrected chi connectivity index (χ4v) is 3.81. The molecule has 1 fully saturated rings. The first-order valence-electron chi connectivity index (χ1n) is 7.32. The maximum absolute atomic E-state index is 12.4. The van der Waals surface area contributed by atoms with E-state index in [0.29, 0.717) is 12.5 Å². The molecule has 0 radical (unpaired) electrons. The number of hydrogen-bond acceptors (Lipinski definition) is 4. The molecule has 20 heavy (non-hydrogen) atoms. The number of likely N-dealkylation sites (tertiary alicyclic amines) is 1. The molecule has 2 aliphatic heterocycles. The third-order valence-corrected chi connectivity index (χ3v) is 5.04. The highest BCUT2D eigenvalue weighted by Gasteiger charge is 2.29. The predicted octanol–water partition coefficient (Wildman–Crippen LogP) is 2.72. The van der Waals surface area contributed by atoms with Crippen LogP contribution in [0.1, 0.15) is 42.8 Å². The number of carbonyl (C=O) groups is 1. The number of hydrogen-bond donors (Lipinski definition) is 0. The molecule has 4 nitrogen and oxygen atoms in total. The second-order valence-corrected chi connectivity index (χ2v) is 6.27. The molecule has 0 aliphatic carbocycles. The lowest BCUT2D eigenvalue weighted by Crippen LogP contribution is -2.39. The van der Waals surface area contributed by atoms with Gasteiger partial charge < -0.3 is 9.64 Å². The van der Waals surface area contributed by atoms with Crippen LogP contribution < -0.4 is 0 Å². The number of amides is 1. The Bertz CT molecular complexity index is 524. The molecule has 0 N–H and O–H groups in total. The molecule has 0 unspecified atom stereocenters. The number of aromatic nitrogens is 1. The van der Waals surface area contributed by atoms with E-state index in [-0.39, 0.29) is 5.91 Å². The van der Waals surface area contributed by atoms with Gasteiger partial charge in [0, 0.05) is 30.8 Å². The molecule has 1 amide bonds. The van der Waals surface area contributed by atoms with Gasteiger partial charge in [-0.2, -0.15) is 0 Å². The second-order valence-electron chi connectivity index (χ2n) is 5.38. The average Bonchev–Trinajstić information content (AvgIpc) is 3.17. The van der Waals surface area contributed by atoms with Crippen LogP contribution in [0.2, 0.25) is 0 Å². The van der Waals surface area contributed by atoms with Crippen molar-refractivity contribution in [1.29, 1.82) is 0 Å². The minimum Gasteiger partial charge on any atom is -0.500 e. The smallest absolute Gasteiger partial charge is 0.253 e. The van der Waals surface area contributed by atoms with Crippen molar-refractivity contribution >= 4 is 17.2 Å². The van der Waals surface area contributed by atoms with Gasteiger partial charge >= 0.3 is 0 Å². The third kappa shape index (κ3) is 2.73. The molecule has 0 spiro atoms. The number of rotatable bonds is 3. The summed E-state index contributed by atoms with van der Waals surface area (Å²) in [4.78, 5) is 19.1. The Kier molecular flexibility index (Phi) is 4.05. The first-order valence-corrected chi connectivity index (χ1v) is 8.20. The summed E-state index contributed by atoms with van der Waals surface area (Å²) in [6, 6.07) is 0. The van der Waals surface area contributed by atoms with Crippen LogP contribution in [0.3, 0.4) is 0 Å². The molecule has 1 aromatic rings. The van der Waals surface area contributed by atoms with E-state index in [1.54, 1.807) is 17.6 Å². The molecule has 2 aliphatic rings. The van der Waals surface area contributed by atoms with Crippen LogP contribution >= 0.6 is 11.3 Å². The molecule has 0 saturated carbocycles. The van der Waals surface area contributed by atoms with Gasteiger partial charge in [-0.25, -0.2) is 4.98 Å². The van der Waals surface area contributed by atoms with Crippen LogP contribution in [0.25, 0.3) is 0 Å². The van der Waals surface area contributed by atoms with Crippen molar-refractivity contribution in [3.63, 3.8) is 0 Å². The number of piperidine rings is 1. The maximum Gasteiger partial charge on any atom is 0.253 e. The van der Waals surface area contributed by atoms with Crippen molar-refractivity contribution in [2.45, 2.75) is 38.5 Å².